The Labute approximate surface area is 353 Å². The zero-order valence-corrected chi connectivity index (χ0v) is 40.8. The molecule has 13 atom stereocenters. The van der Waals surface area contributed by atoms with Crippen LogP contribution >= 0.6 is 0 Å². The van der Waals surface area contributed by atoms with Crippen LogP contribution in [0.15, 0.2) is 54.1 Å². The third kappa shape index (κ3) is 12.2. The van der Waals surface area contributed by atoms with Gasteiger partial charge in [0.1, 0.15) is 12.2 Å². The molecule has 3 aliphatic rings. The average molecular weight is 845 g/mol. The number of cyclic esters (lactones) is 1. The molecule has 0 aliphatic carbocycles. The van der Waals surface area contributed by atoms with Gasteiger partial charge in [0, 0.05) is 23.5 Å². The molecule has 0 bridgehead atoms. The summed E-state index contributed by atoms with van der Waals surface area (Å²) >= 11 is 0. The highest BCUT2D eigenvalue weighted by atomic mass is 28.4. The predicted molar refractivity (Wildman–Crippen MR) is 237 cm³/mol. The maximum absolute atomic E-state index is 13.9. The number of fused-ring (bicyclic) bond motifs is 1. The van der Waals surface area contributed by atoms with E-state index < -0.39 is 46.8 Å². The van der Waals surface area contributed by atoms with Gasteiger partial charge in [-0.1, -0.05) is 118 Å². The SMILES string of the molecule is CC[C@H](O[Si](C)(C)C(C)(C)C)[C@@H](C)[C@H]1O[C@@H]1C[C@H](C)C(O)C(O)/C=C(\C)C1OC(=O)CC(O[Si](C)(C)C(C)(C)C)CCC2(C)OC(c3ccccc3)O[C@H]2/C=C/C1C. The van der Waals surface area contributed by atoms with Gasteiger partial charge in [0.15, 0.2) is 22.9 Å². The number of hydrogen-bond donors (Lipinski definition) is 2. The van der Waals surface area contributed by atoms with E-state index in [1.54, 1.807) is 6.08 Å². The van der Waals surface area contributed by atoms with Crippen LogP contribution < -0.4 is 0 Å². The van der Waals surface area contributed by atoms with Gasteiger partial charge in [-0.05, 0) is 87.3 Å². The first-order valence-electron chi connectivity index (χ1n) is 22.0. The Morgan fingerprint density at radius 3 is 2.19 bits per heavy atom. The molecule has 1 aromatic carbocycles. The average Bonchev–Trinajstić information content (AvgIpc) is 3.81. The van der Waals surface area contributed by atoms with E-state index in [-0.39, 0.29) is 70.7 Å². The summed E-state index contributed by atoms with van der Waals surface area (Å²) in [6.45, 7) is 34.7. The van der Waals surface area contributed by atoms with E-state index in [9.17, 15) is 15.0 Å². The summed E-state index contributed by atoms with van der Waals surface area (Å²) in [4.78, 5) is 13.9. The van der Waals surface area contributed by atoms with Crippen molar-refractivity contribution in [1.82, 2.24) is 0 Å². The standard InChI is InChI=1S/C47H80O9Si2/c1-17-37(56-58(15,16)46(9,10)11)33(5)43-38(51-43)28-31(3)41(50)36(48)27-32(4)42-30(2)23-24-39-47(12,54-44(52-39)34-21-19-18-20-22-34)26-25-35(29-40(49)53-42)55-57(13,14)45(6,7)8/h18-24,27,30-31,33,35-39,41-44,48,50H,17,25-26,28-29H2,1-16H3/b24-23+,32-27+/t30?,31-,33+,35?,36?,37-,38+,39-,41?,42?,43+,44?,47?/m0/s1. The molecular formula is C47H80O9Si2. The van der Waals surface area contributed by atoms with E-state index in [0.29, 0.717) is 24.8 Å². The predicted octanol–water partition coefficient (Wildman–Crippen LogP) is 10.4. The van der Waals surface area contributed by atoms with Crippen LogP contribution in [-0.2, 0) is 32.6 Å². The highest BCUT2D eigenvalue weighted by Gasteiger charge is 2.50. The van der Waals surface area contributed by atoms with Gasteiger partial charge in [-0.2, -0.15) is 0 Å². The van der Waals surface area contributed by atoms with Crippen LogP contribution in [0.25, 0.3) is 0 Å². The number of esters is 1. The van der Waals surface area contributed by atoms with Gasteiger partial charge >= 0.3 is 5.97 Å². The number of ether oxygens (including phenoxy) is 4. The van der Waals surface area contributed by atoms with E-state index in [1.807, 2.05) is 63.3 Å². The number of aliphatic hydroxyl groups excluding tert-OH is 2. The Morgan fingerprint density at radius 1 is 0.983 bits per heavy atom. The van der Waals surface area contributed by atoms with Gasteiger partial charge in [0.2, 0.25) is 0 Å². The molecule has 0 aromatic heterocycles. The molecule has 9 nitrogen and oxygen atoms in total. The van der Waals surface area contributed by atoms with Gasteiger partial charge in [-0.15, -0.1) is 0 Å². The molecule has 2 saturated heterocycles. The van der Waals surface area contributed by atoms with Crippen molar-refractivity contribution in [3.05, 3.63) is 59.7 Å². The van der Waals surface area contributed by atoms with Crippen molar-refractivity contribution in [2.75, 3.05) is 0 Å². The summed E-state index contributed by atoms with van der Waals surface area (Å²) in [5, 5.41) is 22.9. The van der Waals surface area contributed by atoms with Gasteiger partial charge in [-0.25, -0.2) is 0 Å². The Kier molecular flexibility index (Phi) is 16.2. The van der Waals surface area contributed by atoms with Crippen molar-refractivity contribution in [2.24, 2.45) is 17.8 Å². The largest absolute Gasteiger partial charge is 0.457 e. The summed E-state index contributed by atoms with van der Waals surface area (Å²) in [7, 11) is -4.20. The second-order valence-corrected chi connectivity index (χ2v) is 30.6. The molecule has 3 heterocycles. The molecule has 4 rings (SSSR count). The van der Waals surface area contributed by atoms with Crippen LogP contribution in [0.4, 0.5) is 0 Å². The van der Waals surface area contributed by atoms with Crippen LogP contribution in [0, 0.1) is 17.8 Å². The number of carbonyl (C=O) groups is 1. The van der Waals surface area contributed by atoms with Crippen molar-refractivity contribution in [2.45, 2.75) is 212 Å². The summed E-state index contributed by atoms with van der Waals surface area (Å²) in [5.74, 6) is -0.637. The van der Waals surface area contributed by atoms with Crippen molar-refractivity contribution >= 4 is 22.6 Å². The quantitative estimate of drug-likeness (QED) is 0.0817. The molecule has 330 valence electrons. The van der Waals surface area contributed by atoms with Crippen molar-refractivity contribution in [3.63, 3.8) is 0 Å². The minimum absolute atomic E-state index is 0.00172. The van der Waals surface area contributed by atoms with E-state index in [1.165, 1.54) is 0 Å². The second kappa shape index (κ2) is 19.2. The second-order valence-electron chi connectivity index (χ2n) is 21.1. The number of rotatable bonds is 14. The Balaban J connectivity index is 1.51. The van der Waals surface area contributed by atoms with E-state index in [2.05, 4.69) is 88.5 Å². The molecule has 0 amide bonds. The van der Waals surface area contributed by atoms with Crippen molar-refractivity contribution in [1.29, 1.82) is 0 Å². The molecule has 0 radical (unpaired) electrons. The molecule has 58 heavy (non-hydrogen) atoms. The van der Waals surface area contributed by atoms with Gasteiger partial charge in [-0.3, -0.25) is 4.79 Å². The van der Waals surface area contributed by atoms with Crippen LogP contribution in [0.5, 0.6) is 0 Å². The van der Waals surface area contributed by atoms with E-state index >= 15 is 0 Å². The van der Waals surface area contributed by atoms with Gasteiger partial charge < -0.3 is 38.0 Å². The minimum atomic E-state index is -2.26. The summed E-state index contributed by atoms with van der Waals surface area (Å²) in [6.07, 6.45) is 4.60. The van der Waals surface area contributed by atoms with E-state index in [0.717, 1.165) is 12.0 Å². The monoisotopic (exact) mass is 845 g/mol. The fourth-order valence-electron chi connectivity index (χ4n) is 7.88. The molecule has 2 N–H and O–H groups in total. The van der Waals surface area contributed by atoms with Crippen LogP contribution in [0.3, 0.4) is 0 Å². The maximum Gasteiger partial charge on any atom is 0.308 e. The fraction of sp³-hybridized carbons (Fsp3) is 0.766. The Hall–Kier alpha value is -1.68. The topological polar surface area (TPSA) is 116 Å². The number of aliphatic hydroxyl groups is 2. The first-order chi connectivity index (χ1) is 26.7. The minimum Gasteiger partial charge on any atom is -0.457 e. The summed E-state index contributed by atoms with van der Waals surface area (Å²) in [6, 6.07) is 9.97. The smallest absolute Gasteiger partial charge is 0.308 e. The van der Waals surface area contributed by atoms with Crippen LogP contribution in [0.1, 0.15) is 127 Å². The Morgan fingerprint density at radius 2 is 1.60 bits per heavy atom. The van der Waals surface area contributed by atoms with Crippen molar-refractivity contribution < 1.29 is 42.8 Å². The summed E-state index contributed by atoms with van der Waals surface area (Å²) < 4.78 is 39.5. The lowest BCUT2D eigenvalue weighted by Crippen LogP contribution is -2.46. The normalized spacial score (nSPS) is 32.5. The van der Waals surface area contributed by atoms with E-state index in [4.69, 9.17) is 27.8 Å². The maximum atomic E-state index is 13.9. The van der Waals surface area contributed by atoms with Crippen LogP contribution in [-0.4, -0.2) is 87.2 Å². The summed E-state index contributed by atoms with van der Waals surface area (Å²) in [5.41, 5.74) is 0.953. The molecular weight excluding hydrogens is 765 g/mol. The zero-order chi connectivity index (χ0) is 43.6. The molecule has 0 spiro atoms. The Bertz CT molecular complexity index is 1550. The molecule has 0 saturated carbocycles. The lowest BCUT2D eigenvalue weighted by Gasteiger charge is -2.40. The molecule has 2 fully saturated rings. The number of epoxide rings is 1. The molecule has 1 aromatic rings. The molecule has 3 aliphatic heterocycles. The lowest BCUT2D eigenvalue weighted by atomic mass is 9.88. The van der Waals surface area contributed by atoms with Gasteiger partial charge in [0.25, 0.3) is 0 Å². The highest BCUT2D eigenvalue weighted by molar-refractivity contribution is 6.74. The van der Waals surface area contributed by atoms with Crippen LogP contribution in [0.2, 0.25) is 36.3 Å². The third-order valence-corrected chi connectivity index (χ3v) is 23.1. The van der Waals surface area contributed by atoms with Crippen molar-refractivity contribution in [3.8, 4) is 0 Å². The third-order valence-electron chi connectivity index (χ3n) is 14.1. The first kappa shape index (κ1) is 49.0. The lowest BCUT2D eigenvalue weighted by molar-refractivity contribution is -0.151. The fourth-order valence-corrected chi connectivity index (χ4v) is 10.8. The molecule has 7 unspecified atom stereocenters. The van der Waals surface area contributed by atoms with Gasteiger partial charge in [0.05, 0.1) is 42.5 Å². The first-order valence-corrected chi connectivity index (χ1v) is 27.8. The molecule has 11 heteroatoms. The number of benzene rings is 1. The number of carbonyl (C=O) groups excluding carboxylic acids is 1. The zero-order valence-electron chi connectivity index (χ0n) is 38.8. The highest BCUT2D eigenvalue weighted by Crippen LogP contribution is 2.45. The number of hydrogen-bond acceptors (Lipinski definition) is 9.